The lowest BCUT2D eigenvalue weighted by molar-refractivity contribution is -0.135. The molecular weight excluding hydrogens is 406 g/mol. The van der Waals surface area contributed by atoms with Gasteiger partial charge in [0.25, 0.3) is 0 Å². The van der Waals surface area contributed by atoms with Gasteiger partial charge in [-0.3, -0.25) is 4.79 Å². The van der Waals surface area contributed by atoms with Crippen molar-refractivity contribution in [1.82, 2.24) is 0 Å². The number of benzene rings is 1. The van der Waals surface area contributed by atoms with Crippen LogP contribution in [0, 0.1) is 6.92 Å². The van der Waals surface area contributed by atoms with Crippen molar-refractivity contribution < 1.29 is 9.90 Å². The third-order valence-electron chi connectivity index (χ3n) is 2.77. The maximum Gasteiger partial charge on any atom is 0.323 e. The molecule has 0 amide bonds. The fourth-order valence-corrected chi connectivity index (χ4v) is 4.01. The van der Waals surface area contributed by atoms with E-state index in [2.05, 4.69) is 31.9 Å². The van der Waals surface area contributed by atoms with Gasteiger partial charge in [-0.15, -0.1) is 11.3 Å². The van der Waals surface area contributed by atoms with E-state index in [1.54, 1.807) is 11.3 Å². The maximum absolute atomic E-state index is 11.1. The predicted octanol–water partition coefficient (Wildman–Crippen LogP) is 4.67. The lowest BCUT2D eigenvalue weighted by Crippen LogP contribution is -2.28. The number of aryl methyl sites for hydroxylation is 1. The number of nitrogens with zero attached hydrogens (tertiary/aromatic N) is 1. The average molecular weight is 419 g/mol. The second-order valence-electron chi connectivity index (χ2n) is 4.42. The Morgan fingerprint density at radius 2 is 1.95 bits per heavy atom. The van der Waals surface area contributed by atoms with E-state index in [9.17, 15) is 4.79 Å². The molecule has 0 radical (unpaired) electrons. The van der Waals surface area contributed by atoms with E-state index < -0.39 is 5.97 Å². The number of anilines is 1. The zero-order chi connectivity index (χ0) is 14.7. The molecule has 0 fully saturated rings. The second kappa shape index (κ2) is 6.74. The van der Waals surface area contributed by atoms with Gasteiger partial charge in [0.15, 0.2) is 0 Å². The first-order chi connectivity index (χ1) is 9.45. The summed E-state index contributed by atoms with van der Waals surface area (Å²) < 4.78 is 2.02. The van der Waals surface area contributed by atoms with Crippen molar-refractivity contribution in [1.29, 1.82) is 0 Å². The van der Waals surface area contributed by atoms with Gasteiger partial charge in [-0.1, -0.05) is 17.7 Å². The molecule has 0 saturated carbocycles. The fraction of sp³-hybridized carbons (Fsp3) is 0.214. The zero-order valence-electron chi connectivity index (χ0n) is 10.8. The summed E-state index contributed by atoms with van der Waals surface area (Å²) in [5, 5.41) is 9.08. The summed E-state index contributed by atoms with van der Waals surface area (Å²) in [6, 6.07) is 9.90. The monoisotopic (exact) mass is 417 g/mol. The summed E-state index contributed by atoms with van der Waals surface area (Å²) in [7, 11) is 0. The lowest BCUT2D eigenvalue weighted by Gasteiger charge is -2.22. The molecule has 1 aromatic carbocycles. The van der Waals surface area contributed by atoms with Crippen LogP contribution < -0.4 is 4.90 Å². The number of aliphatic carboxylic acids is 1. The highest BCUT2D eigenvalue weighted by molar-refractivity contribution is 9.13. The minimum atomic E-state index is -0.833. The van der Waals surface area contributed by atoms with Gasteiger partial charge in [0.05, 0.1) is 10.3 Å². The van der Waals surface area contributed by atoms with Crippen LogP contribution in [0.1, 0.15) is 10.4 Å². The van der Waals surface area contributed by atoms with Crippen LogP contribution in [-0.4, -0.2) is 17.6 Å². The molecule has 0 aliphatic heterocycles. The molecular formula is C14H13Br2NO2S. The number of halogens is 2. The molecule has 0 aliphatic rings. The molecule has 0 bridgehead atoms. The Balaban J connectivity index is 2.23. The molecule has 20 heavy (non-hydrogen) atoms. The third-order valence-corrected chi connectivity index (χ3v) is 6.01. The van der Waals surface area contributed by atoms with Crippen LogP contribution in [0.2, 0.25) is 0 Å². The van der Waals surface area contributed by atoms with E-state index in [4.69, 9.17) is 5.11 Å². The van der Waals surface area contributed by atoms with Crippen molar-refractivity contribution >= 4 is 54.9 Å². The summed E-state index contributed by atoms with van der Waals surface area (Å²) in [5.74, 6) is -0.833. The summed E-state index contributed by atoms with van der Waals surface area (Å²) in [6.07, 6.45) is 0. The quantitative estimate of drug-likeness (QED) is 0.766. The Morgan fingerprint density at radius 3 is 2.45 bits per heavy atom. The molecule has 0 atom stereocenters. The van der Waals surface area contributed by atoms with Crippen molar-refractivity contribution in [3.8, 4) is 0 Å². The number of carboxylic acid groups (broad SMARTS) is 1. The first-order valence-electron chi connectivity index (χ1n) is 5.93. The maximum atomic E-state index is 11.1. The third kappa shape index (κ3) is 4.07. The topological polar surface area (TPSA) is 40.5 Å². The highest BCUT2D eigenvalue weighted by Crippen LogP contribution is 2.33. The minimum absolute atomic E-state index is 0.0177. The summed E-state index contributed by atoms with van der Waals surface area (Å²) >= 11 is 8.51. The van der Waals surface area contributed by atoms with E-state index >= 15 is 0 Å². The minimum Gasteiger partial charge on any atom is -0.480 e. The highest BCUT2D eigenvalue weighted by atomic mass is 79.9. The lowest BCUT2D eigenvalue weighted by atomic mass is 10.2. The summed E-state index contributed by atoms with van der Waals surface area (Å²) in [6.45, 7) is 2.57. The Bertz CT molecular complexity index is 591. The van der Waals surface area contributed by atoms with E-state index in [0.29, 0.717) is 6.54 Å². The van der Waals surface area contributed by atoms with Gasteiger partial charge in [-0.25, -0.2) is 0 Å². The number of thiophene rings is 1. The van der Waals surface area contributed by atoms with E-state index in [-0.39, 0.29) is 6.54 Å². The number of hydrogen-bond donors (Lipinski definition) is 1. The normalized spacial score (nSPS) is 10.6. The number of hydrogen-bond acceptors (Lipinski definition) is 3. The Morgan fingerprint density at radius 1 is 1.30 bits per heavy atom. The standard InChI is InChI=1S/C14H13Br2NO2S/c1-9-2-4-10(5-3-9)17(8-13(18)19)7-11-6-12(15)14(16)20-11/h2-6H,7-8H2,1H3,(H,18,19). The molecule has 1 aromatic heterocycles. The van der Waals surface area contributed by atoms with Crippen LogP contribution in [0.15, 0.2) is 38.6 Å². The molecule has 3 nitrogen and oxygen atoms in total. The summed E-state index contributed by atoms with van der Waals surface area (Å²) in [4.78, 5) is 14.0. The molecule has 1 heterocycles. The van der Waals surface area contributed by atoms with E-state index in [1.165, 1.54) is 0 Å². The van der Waals surface area contributed by atoms with Crippen molar-refractivity contribution in [2.75, 3.05) is 11.4 Å². The highest BCUT2D eigenvalue weighted by Gasteiger charge is 2.13. The number of rotatable bonds is 5. The Labute approximate surface area is 138 Å². The zero-order valence-corrected chi connectivity index (χ0v) is 14.8. The van der Waals surface area contributed by atoms with Gasteiger partial charge in [0.2, 0.25) is 0 Å². The van der Waals surface area contributed by atoms with Gasteiger partial charge in [0, 0.05) is 15.0 Å². The Kier molecular flexibility index (Phi) is 5.23. The molecule has 0 unspecified atom stereocenters. The van der Waals surface area contributed by atoms with Crippen LogP contribution in [0.4, 0.5) is 5.69 Å². The van der Waals surface area contributed by atoms with Crippen LogP contribution >= 0.6 is 43.2 Å². The second-order valence-corrected chi connectivity index (χ2v) is 7.73. The molecule has 0 saturated heterocycles. The van der Waals surface area contributed by atoms with Crippen molar-refractivity contribution in [3.05, 3.63) is 49.0 Å². The van der Waals surface area contributed by atoms with E-state index in [1.807, 2.05) is 42.2 Å². The van der Waals surface area contributed by atoms with Gasteiger partial charge in [0.1, 0.15) is 6.54 Å². The van der Waals surface area contributed by atoms with Gasteiger partial charge < -0.3 is 10.0 Å². The molecule has 0 aliphatic carbocycles. The molecule has 2 rings (SSSR count). The van der Waals surface area contributed by atoms with Crippen molar-refractivity contribution in [2.24, 2.45) is 0 Å². The molecule has 0 spiro atoms. The van der Waals surface area contributed by atoms with Crippen molar-refractivity contribution in [3.63, 3.8) is 0 Å². The molecule has 6 heteroatoms. The predicted molar refractivity (Wildman–Crippen MR) is 89.6 cm³/mol. The van der Waals surface area contributed by atoms with Gasteiger partial charge in [-0.2, -0.15) is 0 Å². The first-order valence-corrected chi connectivity index (χ1v) is 8.33. The molecule has 1 N–H and O–H groups in total. The van der Waals surface area contributed by atoms with Crippen LogP contribution in [0.5, 0.6) is 0 Å². The fourth-order valence-electron chi connectivity index (χ4n) is 1.81. The summed E-state index contributed by atoms with van der Waals surface area (Å²) in [5.41, 5.74) is 2.07. The SMILES string of the molecule is Cc1ccc(N(CC(=O)O)Cc2cc(Br)c(Br)s2)cc1. The first kappa shape index (κ1) is 15.5. The van der Waals surface area contributed by atoms with Crippen LogP contribution in [-0.2, 0) is 11.3 Å². The largest absolute Gasteiger partial charge is 0.480 e. The van der Waals surface area contributed by atoms with Crippen LogP contribution in [0.25, 0.3) is 0 Å². The van der Waals surface area contributed by atoms with Crippen LogP contribution in [0.3, 0.4) is 0 Å². The molecule has 106 valence electrons. The Hall–Kier alpha value is -0.850. The van der Waals surface area contributed by atoms with Gasteiger partial charge >= 0.3 is 5.97 Å². The average Bonchev–Trinajstić information content (AvgIpc) is 2.68. The molecule has 2 aromatic rings. The van der Waals surface area contributed by atoms with Crippen molar-refractivity contribution in [2.45, 2.75) is 13.5 Å². The number of carboxylic acids is 1. The van der Waals surface area contributed by atoms with E-state index in [0.717, 1.165) is 24.4 Å². The smallest absolute Gasteiger partial charge is 0.323 e. The number of carbonyl (C=O) groups is 1. The van der Waals surface area contributed by atoms with Gasteiger partial charge in [-0.05, 0) is 57.0 Å².